The number of benzene rings is 1. The molecule has 1 saturated carbocycles. The SMILES string of the molecule is Cn1ccc(C2(CNC(=O)OCc3ccccc3)C3CCN(C(=O)OC(C)(C)C)CC32)n1. The van der Waals surface area contributed by atoms with E-state index >= 15 is 0 Å². The molecule has 1 aliphatic heterocycles. The molecule has 8 heteroatoms. The van der Waals surface area contributed by atoms with Crippen LogP contribution in [0, 0.1) is 11.8 Å². The van der Waals surface area contributed by atoms with E-state index in [0.717, 1.165) is 17.7 Å². The quantitative estimate of drug-likeness (QED) is 0.770. The Labute approximate surface area is 188 Å². The van der Waals surface area contributed by atoms with Crippen LogP contribution in [-0.2, 0) is 28.5 Å². The molecule has 0 spiro atoms. The number of piperidine rings is 1. The van der Waals surface area contributed by atoms with Gasteiger partial charge in [-0.1, -0.05) is 30.3 Å². The molecule has 0 bridgehead atoms. The van der Waals surface area contributed by atoms with Crippen LogP contribution in [0.25, 0.3) is 0 Å². The maximum atomic E-state index is 12.6. The number of nitrogens with one attached hydrogen (secondary N) is 1. The Bertz CT molecular complexity index is 968. The van der Waals surface area contributed by atoms with Crippen molar-refractivity contribution in [1.29, 1.82) is 0 Å². The second-order valence-corrected chi connectivity index (χ2v) is 9.76. The molecular formula is C24H32N4O4. The van der Waals surface area contributed by atoms with E-state index in [1.54, 1.807) is 9.58 Å². The normalized spacial score (nSPS) is 24.4. The molecule has 4 rings (SSSR count). The first-order valence-corrected chi connectivity index (χ1v) is 11.1. The van der Waals surface area contributed by atoms with Crippen molar-refractivity contribution in [1.82, 2.24) is 20.0 Å². The third-order valence-electron chi connectivity index (χ3n) is 6.41. The maximum Gasteiger partial charge on any atom is 0.410 e. The van der Waals surface area contributed by atoms with E-state index in [-0.39, 0.29) is 24.0 Å². The Morgan fingerprint density at radius 3 is 2.59 bits per heavy atom. The summed E-state index contributed by atoms with van der Waals surface area (Å²) in [5, 5.41) is 7.62. The molecule has 2 aromatic rings. The van der Waals surface area contributed by atoms with E-state index < -0.39 is 11.7 Å². The van der Waals surface area contributed by atoms with E-state index in [4.69, 9.17) is 9.47 Å². The molecule has 3 atom stereocenters. The van der Waals surface area contributed by atoms with Crippen LogP contribution in [0.2, 0.25) is 0 Å². The van der Waals surface area contributed by atoms with Crippen molar-refractivity contribution in [3.63, 3.8) is 0 Å². The number of hydrogen-bond donors (Lipinski definition) is 1. The number of nitrogens with zero attached hydrogens (tertiary/aromatic N) is 3. The van der Waals surface area contributed by atoms with E-state index in [1.165, 1.54) is 0 Å². The zero-order valence-electron chi connectivity index (χ0n) is 19.2. The lowest BCUT2D eigenvalue weighted by Gasteiger charge is -2.29. The molecule has 172 valence electrons. The fourth-order valence-electron chi connectivity index (χ4n) is 4.86. The van der Waals surface area contributed by atoms with Gasteiger partial charge in [0.25, 0.3) is 0 Å². The second kappa shape index (κ2) is 8.48. The Balaban J connectivity index is 1.42. The first-order valence-electron chi connectivity index (χ1n) is 11.1. The largest absolute Gasteiger partial charge is 0.445 e. The molecule has 2 fully saturated rings. The highest BCUT2D eigenvalue weighted by Gasteiger charge is 2.68. The number of hydrogen-bond acceptors (Lipinski definition) is 5. The number of aryl methyl sites for hydroxylation is 1. The van der Waals surface area contributed by atoms with Gasteiger partial charge in [0.05, 0.1) is 5.69 Å². The molecule has 2 heterocycles. The molecule has 1 aliphatic carbocycles. The standard InChI is InChI=1S/C24H32N4O4/c1-23(2,3)32-22(30)28-13-10-18-19(14-28)24(18,20-11-12-27(4)26-20)16-25-21(29)31-15-17-8-6-5-7-9-17/h5-9,11-12,18-19H,10,13-16H2,1-4H3,(H,25,29). The van der Waals surface area contributed by atoms with Crippen LogP contribution < -0.4 is 5.32 Å². The predicted molar refractivity (Wildman–Crippen MR) is 119 cm³/mol. The van der Waals surface area contributed by atoms with Crippen LogP contribution in [0.3, 0.4) is 0 Å². The van der Waals surface area contributed by atoms with Crippen molar-refractivity contribution in [3.8, 4) is 0 Å². The number of likely N-dealkylation sites (tertiary alicyclic amines) is 1. The number of amides is 2. The molecule has 32 heavy (non-hydrogen) atoms. The minimum absolute atomic E-state index is 0.216. The van der Waals surface area contributed by atoms with Crippen LogP contribution in [-0.4, -0.2) is 52.1 Å². The zero-order chi connectivity index (χ0) is 22.9. The van der Waals surface area contributed by atoms with Gasteiger partial charge in [0.15, 0.2) is 0 Å². The van der Waals surface area contributed by atoms with Crippen molar-refractivity contribution in [3.05, 3.63) is 53.9 Å². The number of fused-ring (bicyclic) bond motifs is 1. The van der Waals surface area contributed by atoms with Crippen LogP contribution in [0.1, 0.15) is 38.4 Å². The Kier molecular flexibility index (Phi) is 5.88. The number of rotatable bonds is 5. The van der Waals surface area contributed by atoms with Gasteiger partial charge in [-0.3, -0.25) is 4.68 Å². The van der Waals surface area contributed by atoms with Crippen LogP contribution in [0.5, 0.6) is 0 Å². The summed E-state index contributed by atoms with van der Waals surface area (Å²) in [4.78, 5) is 26.8. The topological polar surface area (TPSA) is 85.7 Å². The van der Waals surface area contributed by atoms with Gasteiger partial charge in [0, 0.05) is 38.3 Å². The van der Waals surface area contributed by atoms with Gasteiger partial charge in [-0.2, -0.15) is 5.10 Å². The van der Waals surface area contributed by atoms with Crippen LogP contribution in [0.4, 0.5) is 9.59 Å². The lowest BCUT2D eigenvalue weighted by Crippen LogP contribution is -2.41. The van der Waals surface area contributed by atoms with Crippen molar-refractivity contribution >= 4 is 12.2 Å². The Morgan fingerprint density at radius 1 is 1.19 bits per heavy atom. The lowest BCUT2D eigenvalue weighted by molar-refractivity contribution is 0.0206. The van der Waals surface area contributed by atoms with Gasteiger partial charge in [0.1, 0.15) is 12.2 Å². The van der Waals surface area contributed by atoms with Crippen LogP contribution in [0.15, 0.2) is 42.6 Å². The summed E-state index contributed by atoms with van der Waals surface area (Å²) in [7, 11) is 1.89. The van der Waals surface area contributed by atoms with Crippen molar-refractivity contribution in [2.24, 2.45) is 18.9 Å². The molecule has 0 radical (unpaired) electrons. The zero-order valence-corrected chi connectivity index (χ0v) is 19.2. The minimum atomic E-state index is -0.528. The summed E-state index contributed by atoms with van der Waals surface area (Å²) in [5.74, 6) is 0.568. The molecule has 1 aromatic heterocycles. The Hall–Kier alpha value is -3.03. The van der Waals surface area contributed by atoms with Gasteiger partial charge in [-0.25, -0.2) is 9.59 Å². The summed E-state index contributed by atoms with van der Waals surface area (Å²) < 4.78 is 12.8. The van der Waals surface area contributed by atoms with E-state index in [2.05, 4.69) is 10.4 Å². The van der Waals surface area contributed by atoms with Crippen molar-refractivity contribution < 1.29 is 19.1 Å². The molecule has 1 N–H and O–H groups in total. The highest BCUT2D eigenvalue weighted by Crippen LogP contribution is 2.62. The molecule has 1 aromatic carbocycles. The lowest BCUT2D eigenvalue weighted by atomic mass is 9.97. The number of ether oxygens (including phenoxy) is 2. The highest BCUT2D eigenvalue weighted by atomic mass is 16.6. The van der Waals surface area contributed by atoms with Gasteiger partial charge in [-0.05, 0) is 50.7 Å². The third-order valence-corrected chi connectivity index (χ3v) is 6.41. The number of carbonyl (C=O) groups excluding carboxylic acids is 2. The Morgan fingerprint density at radius 2 is 1.94 bits per heavy atom. The summed E-state index contributed by atoms with van der Waals surface area (Å²) in [6, 6.07) is 11.6. The molecular weight excluding hydrogens is 408 g/mol. The van der Waals surface area contributed by atoms with Crippen LogP contribution >= 0.6 is 0 Å². The molecule has 2 amide bonds. The van der Waals surface area contributed by atoms with E-state index in [9.17, 15) is 9.59 Å². The maximum absolute atomic E-state index is 12.6. The van der Waals surface area contributed by atoms with Gasteiger partial charge >= 0.3 is 12.2 Å². The van der Waals surface area contributed by atoms with Crippen molar-refractivity contribution in [2.75, 3.05) is 19.6 Å². The number of alkyl carbamates (subject to hydrolysis) is 1. The van der Waals surface area contributed by atoms with Gasteiger partial charge in [-0.15, -0.1) is 0 Å². The van der Waals surface area contributed by atoms with Gasteiger partial charge < -0.3 is 19.7 Å². The second-order valence-electron chi connectivity index (χ2n) is 9.76. The predicted octanol–water partition coefficient (Wildman–Crippen LogP) is 3.47. The molecule has 1 saturated heterocycles. The van der Waals surface area contributed by atoms with Crippen molar-refractivity contribution in [2.45, 2.75) is 44.8 Å². The fourth-order valence-corrected chi connectivity index (χ4v) is 4.86. The highest BCUT2D eigenvalue weighted by molar-refractivity contribution is 5.69. The monoisotopic (exact) mass is 440 g/mol. The average Bonchev–Trinajstić information content (AvgIpc) is 3.19. The summed E-state index contributed by atoms with van der Waals surface area (Å²) in [6.07, 6.45) is 2.03. The van der Waals surface area contributed by atoms with E-state index in [1.807, 2.05) is 70.4 Å². The molecule has 3 unspecified atom stereocenters. The van der Waals surface area contributed by atoms with E-state index in [0.29, 0.717) is 25.6 Å². The average molecular weight is 441 g/mol. The third kappa shape index (κ3) is 4.59. The molecule has 8 nitrogen and oxygen atoms in total. The fraction of sp³-hybridized carbons (Fsp3) is 0.542. The summed E-state index contributed by atoms with van der Waals surface area (Å²) in [6.45, 7) is 7.51. The molecule has 2 aliphatic rings. The number of aromatic nitrogens is 2. The number of carbonyl (C=O) groups is 2. The summed E-state index contributed by atoms with van der Waals surface area (Å²) in [5.41, 5.74) is 1.06. The smallest absolute Gasteiger partial charge is 0.410 e. The first kappa shape index (κ1) is 22.2. The minimum Gasteiger partial charge on any atom is -0.445 e. The van der Waals surface area contributed by atoms with Gasteiger partial charge in [0.2, 0.25) is 0 Å². The summed E-state index contributed by atoms with van der Waals surface area (Å²) >= 11 is 0. The first-order chi connectivity index (χ1) is 15.2.